The Kier molecular flexibility index (Phi) is 5.45. The maximum Gasteiger partial charge on any atom is 0.278 e. The molecule has 0 fully saturated rings. The number of carbonyl (C=O) groups is 1. The third kappa shape index (κ3) is 3.80. The molecule has 0 bridgehead atoms. The number of hydrogen-bond donors (Lipinski definition) is 0. The van der Waals surface area contributed by atoms with E-state index in [-0.39, 0.29) is 11.9 Å². The van der Waals surface area contributed by atoms with Gasteiger partial charge in [-0.05, 0) is 43.5 Å². The van der Waals surface area contributed by atoms with Crippen molar-refractivity contribution < 1.29 is 4.79 Å². The molecule has 29 heavy (non-hydrogen) atoms. The normalized spacial score (nSPS) is 11.3. The summed E-state index contributed by atoms with van der Waals surface area (Å²) in [7, 11) is 0. The topological polar surface area (TPSA) is 51.0 Å². The number of benzene rings is 2. The Balaban J connectivity index is 1.80. The second-order valence-corrected chi connectivity index (χ2v) is 8.25. The van der Waals surface area contributed by atoms with Gasteiger partial charge in [-0.1, -0.05) is 60.7 Å². The van der Waals surface area contributed by atoms with Crippen molar-refractivity contribution >= 4 is 32.6 Å². The van der Waals surface area contributed by atoms with Crippen LogP contribution in [-0.2, 0) is 13.0 Å². The Hall–Kier alpha value is -2.99. The lowest BCUT2D eigenvalue weighted by molar-refractivity contribution is 0.0973. The van der Waals surface area contributed by atoms with E-state index in [1.807, 2.05) is 44.2 Å². The number of carbonyl (C=O) groups excluding carboxylic acids is 1. The first-order valence-electron chi connectivity index (χ1n) is 9.86. The van der Waals surface area contributed by atoms with Crippen LogP contribution >= 0.6 is 11.3 Å². The van der Waals surface area contributed by atoms with E-state index in [1.54, 1.807) is 33.2 Å². The number of aryl methyl sites for hydroxylation is 1. The Morgan fingerprint density at radius 3 is 2.62 bits per heavy atom. The molecule has 0 aliphatic rings. The lowest BCUT2D eigenvalue weighted by atomic mass is 10.1. The summed E-state index contributed by atoms with van der Waals surface area (Å²) in [5.74, 6) is -0.0860. The highest BCUT2D eigenvalue weighted by Gasteiger charge is 2.25. The van der Waals surface area contributed by atoms with Gasteiger partial charge in [-0.2, -0.15) is 5.10 Å². The van der Waals surface area contributed by atoms with Crippen LogP contribution in [0.15, 0.2) is 60.8 Å². The fourth-order valence-corrected chi connectivity index (χ4v) is 4.43. The van der Waals surface area contributed by atoms with Crippen LogP contribution in [0.5, 0.6) is 0 Å². The van der Waals surface area contributed by atoms with Crippen molar-refractivity contribution in [2.75, 3.05) is 4.90 Å². The van der Waals surface area contributed by atoms with Crippen molar-refractivity contribution in [3.8, 4) is 0 Å². The zero-order chi connectivity index (χ0) is 20.4. The predicted octanol–water partition coefficient (Wildman–Crippen LogP) is 5.48. The van der Waals surface area contributed by atoms with Crippen molar-refractivity contribution in [1.82, 2.24) is 14.8 Å². The molecular weight excluding hydrogens is 380 g/mol. The quantitative estimate of drug-likeness (QED) is 0.427. The molecule has 2 heterocycles. The molecule has 0 N–H and O–H groups in total. The average Bonchev–Trinajstić information content (AvgIpc) is 3.39. The Labute approximate surface area is 174 Å². The van der Waals surface area contributed by atoms with E-state index in [4.69, 9.17) is 4.98 Å². The first-order chi connectivity index (χ1) is 14.1. The zero-order valence-corrected chi connectivity index (χ0v) is 17.7. The summed E-state index contributed by atoms with van der Waals surface area (Å²) in [6.45, 7) is 6.64. The summed E-state index contributed by atoms with van der Waals surface area (Å²) >= 11 is 1.56. The molecule has 5 nitrogen and oxygen atoms in total. The monoisotopic (exact) mass is 404 g/mol. The van der Waals surface area contributed by atoms with Crippen LogP contribution < -0.4 is 4.90 Å². The van der Waals surface area contributed by atoms with Crippen LogP contribution in [0.25, 0.3) is 10.2 Å². The molecule has 4 aromatic rings. The highest BCUT2D eigenvalue weighted by Crippen LogP contribution is 2.33. The largest absolute Gasteiger partial charge is 0.278 e. The van der Waals surface area contributed by atoms with Crippen LogP contribution in [0, 0.1) is 0 Å². The molecule has 6 heteroatoms. The fourth-order valence-electron chi connectivity index (χ4n) is 3.42. The SMILES string of the molecule is CCc1cccc2sc(N(Cc3ccccc3)C(=O)c3ccnn3C(C)C)nc12. The number of nitrogens with zero attached hydrogens (tertiary/aromatic N) is 4. The van der Waals surface area contributed by atoms with Crippen LogP contribution in [0.1, 0.15) is 48.4 Å². The molecule has 0 saturated carbocycles. The molecule has 4 rings (SSSR count). The highest BCUT2D eigenvalue weighted by atomic mass is 32.1. The molecule has 0 aliphatic carbocycles. The summed E-state index contributed by atoms with van der Waals surface area (Å²) < 4.78 is 2.87. The smallest absolute Gasteiger partial charge is 0.278 e. The zero-order valence-electron chi connectivity index (χ0n) is 16.9. The van der Waals surface area contributed by atoms with Crippen LogP contribution in [-0.4, -0.2) is 20.7 Å². The number of hydrogen-bond acceptors (Lipinski definition) is 4. The van der Waals surface area contributed by atoms with Crippen LogP contribution in [0.4, 0.5) is 5.13 Å². The number of thiazole rings is 1. The Morgan fingerprint density at radius 1 is 1.10 bits per heavy atom. The second kappa shape index (κ2) is 8.17. The average molecular weight is 405 g/mol. The summed E-state index contributed by atoms with van der Waals surface area (Å²) in [4.78, 5) is 20.3. The van der Waals surface area contributed by atoms with E-state index < -0.39 is 0 Å². The van der Waals surface area contributed by atoms with Crippen molar-refractivity contribution in [2.24, 2.45) is 0 Å². The molecule has 0 unspecified atom stereocenters. The van der Waals surface area contributed by atoms with Gasteiger partial charge in [0.15, 0.2) is 5.13 Å². The fraction of sp³-hybridized carbons (Fsp3) is 0.261. The van der Waals surface area contributed by atoms with E-state index in [9.17, 15) is 4.79 Å². The molecule has 2 aromatic heterocycles. The summed E-state index contributed by atoms with van der Waals surface area (Å²) in [5, 5.41) is 5.06. The van der Waals surface area contributed by atoms with Crippen molar-refractivity contribution in [3.63, 3.8) is 0 Å². The summed E-state index contributed by atoms with van der Waals surface area (Å²) in [6, 6.07) is 18.1. The third-order valence-corrected chi connectivity index (χ3v) is 5.95. The predicted molar refractivity (Wildman–Crippen MR) is 119 cm³/mol. The lowest BCUT2D eigenvalue weighted by Gasteiger charge is -2.21. The molecule has 148 valence electrons. The standard InChI is InChI=1S/C23H24N4OS/c1-4-18-11-8-12-20-21(18)25-23(29-20)26(15-17-9-6-5-7-10-17)22(28)19-13-14-24-27(19)16(2)3/h5-14,16H,4,15H2,1-3H3. The summed E-state index contributed by atoms with van der Waals surface area (Å²) in [5.41, 5.74) is 3.82. The third-order valence-electron chi connectivity index (χ3n) is 4.91. The van der Waals surface area contributed by atoms with Crippen molar-refractivity contribution in [2.45, 2.75) is 39.8 Å². The minimum absolute atomic E-state index is 0.0860. The van der Waals surface area contributed by atoms with E-state index in [0.29, 0.717) is 17.4 Å². The molecule has 0 atom stereocenters. The van der Waals surface area contributed by atoms with Gasteiger partial charge in [0, 0.05) is 12.2 Å². The van der Waals surface area contributed by atoms with Gasteiger partial charge in [0.2, 0.25) is 0 Å². The molecule has 0 saturated heterocycles. The van der Waals surface area contributed by atoms with E-state index in [1.165, 1.54) is 5.56 Å². The molecule has 0 radical (unpaired) electrons. The van der Waals surface area contributed by atoms with Crippen molar-refractivity contribution in [1.29, 1.82) is 0 Å². The minimum Gasteiger partial charge on any atom is -0.278 e. The number of fused-ring (bicyclic) bond motifs is 1. The maximum absolute atomic E-state index is 13.6. The van der Waals surface area contributed by atoms with Gasteiger partial charge >= 0.3 is 0 Å². The molecule has 1 amide bonds. The highest BCUT2D eigenvalue weighted by molar-refractivity contribution is 7.22. The second-order valence-electron chi connectivity index (χ2n) is 7.25. The van der Waals surface area contributed by atoms with Gasteiger partial charge in [0.25, 0.3) is 5.91 Å². The molecule has 2 aromatic carbocycles. The van der Waals surface area contributed by atoms with Gasteiger partial charge in [-0.15, -0.1) is 0 Å². The van der Waals surface area contributed by atoms with Gasteiger partial charge < -0.3 is 0 Å². The Bertz CT molecular complexity index is 1130. The first kappa shape index (κ1) is 19.3. The van der Waals surface area contributed by atoms with Gasteiger partial charge in [-0.25, -0.2) is 4.98 Å². The van der Waals surface area contributed by atoms with Gasteiger partial charge in [-0.3, -0.25) is 14.4 Å². The minimum atomic E-state index is -0.0860. The van der Waals surface area contributed by atoms with E-state index in [2.05, 4.69) is 30.2 Å². The molecule has 0 aliphatic heterocycles. The van der Waals surface area contributed by atoms with E-state index in [0.717, 1.165) is 22.2 Å². The van der Waals surface area contributed by atoms with Gasteiger partial charge in [0.05, 0.1) is 16.8 Å². The first-order valence-corrected chi connectivity index (χ1v) is 10.7. The number of aromatic nitrogens is 3. The van der Waals surface area contributed by atoms with Crippen molar-refractivity contribution in [3.05, 3.63) is 77.6 Å². The Morgan fingerprint density at radius 2 is 1.90 bits per heavy atom. The number of rotatable bonds is 6. The number of amides is 1. The molecule has 0 spiro atoms. The number of anilines is 1. The molecular formula is C23H24N4OS. The number of para-hydroxylation sites is 1. The summed E-state index contributed by atoms with van der Waals surface area (Å²) in [6.07, 6.45) is 2.59. The van der Waals surface area contributed by atoms with Crippen LogP contribution in [0.3, 0.4) is 0 Å². The van der Waals surface area contributed by atoms with E-state index >= 15 is 0 Å². The lowest BCUT2D eigenvalue weighted by Crippen LogP contribution is -2.32. The maximum atomic E-state index is 13.6. The van der Waals surface area contributed by atoms with Crippen LogP contribution in [0.2, 0.25) is 0 Å². The van der Waals surface area contributed by atoms with Gasteiger partial charge in [0.1, 0.15) is 5.69 Å².